The lowest BCUT2D eigenvalue weighted by Crippen LogP contribution is -2.37. The molecule has 0 aromatic heterocycles. The SMILES string of the molecule is Cc1ccc(S(=O)(=O)NC2CCCCC2)cc1C(=O)N1CCCCC1. The van der Waals surface area contributed by atoms with Gasteiger partial charge in [0.1, 0.15) is 0 Å². The molecule has 0 bridgehead atoms. The summed E-state index contributed by atoms with van der Waals surface area (Å²) in [5.41, 5.74) is 1.33. The van der Waals surface area contributed by atoms with Crippen molar-refractivity contribution in [3.05, 3.63) is 29.3 Å². The summed E-state index contributed by atoms with van der Waals surface area (Å²) in [6.45, 7) is 3.38. The van der Waals surface area contributed by atoms with E-state index in [0.717, 1.165) is 63.6 Å². The van der Waals surface area contributed by atoms with Gasteiger partial charge in [-0.05, 0) is 56.7 Å². The Morgan fingerprint density at radius 3 is 2.36 bits per heavy atom. The maximum absolute atomic E-state index is 12.8. The van der Waals surface area contributed by atoms with Crippen LogP contribution in [0, 0.1) is 6.92 Å². The number of hydrogen-bond acceptors (Lipinski definition) is 3. The average Bonchev–Trinajstić information content (AvgIpc) is 2.62. The number of nitrogens with zero attached hydrogens (tertiary/aromatic N) is 1. The van der Waals surface area contributed by atoms with Crippen molar-refractivity contribution in [2.45, 2.75) is 69.2 Å². The maximum Gasteiger partial charge on any atom is 0.254 e. The van der Waals surface area contributed by atoms with Crippen LogP contribution in [0.3, 0.4) is 0 Å². The number of rotatable bonds is 4. The number of amides is 1. The first-order valence-corrected chi connectivity index (χ1v) is 10.9. The number of carbonyl (C=O) groups is 1. The van der Waals surface area contributed by atoms with Crippen molar-refractivity contribution in [1.29, 1.82) is 0 Å². The Hall–Kier alpha value is -1.40. The third-order valence-electron chi connectivity index (χ3n) is 5.32. The van der Waals surface area contributed by atoms with Gasteiger partial charge in [0.25, 0.3) is 5.91 Å². The first-order valence-electron chi connectivity index (χ1n) is 9.39. The molecule has 3 rings (SSSR count). The van der Waals surface area contributed by atoms with Crippen LogP contribution >= 0.6 is 0 Å². The molecule has 1 heterocycles. The zero-order valence-corrected chi connectivity index (χ0v) is 15.8. The van der Waals surface area contributed by atoms with Crippen molar-refractivity contribution in [2.75, 3.05) is 13.1 Å². The molecule has 1 amide bonds. The van der Waals surface area contributed by atoms with E-state index in [1.54, 1.807) is 18.2 Å². The Bertz CT molecular complexity index is 718. The minimum Gasteiger partial charge on any atom is -0.339 e. The summed E-state index contributed by atoms with van der Waals surface area (Å²) in [6.07, 6.45) is 8.30. The van der Waals surface area contributed by atoms with Crippen LogP contribution in [0.4, 0.5) is 0 Å². The molecule has 0 atom stereocenters. The molecule has 1 saturated carbocycles. The van der Waals surface area contributed by atoms with Crippen molar-refractivity contribution in [3.63, 3.8) is 0 Å². The highest BCUT2D eigenvalue weighted by atomic mass is 32.2. The van der Waals surface area contributed by atoms with Crippen molar-refractivity contribution in [1.82, 2.24) is 9.62 Å². The van der Waals surface area contributed by atoms with Crippen LogP contribution in [0.2, 0.25) is 0 Å². The lowest BCUT2D eigenvalue weighted by Gasteiger charge is -2.27. The van der Waals surface area contributed by atoms with E-state index in [2.05, 4.69) is 4.72 Å². The van der Waals surface area contributed by atoms with Gasteiger partial charge in [-0.2, -0.15) is 0 Å². The fourth-order valence-electron chi connectivity index (χ4n) is 3.77. The predicted molar refractivity (Wildman–Crippen MR) is 98.1 cm³/mol. The number of sulfonamides is 1. The van der Waals surface area contributed by atoms with Crippen molar-refractivity contribution in [3.8, 4) is 0 Å². The van der Waals surface area contributed by atoms with Gasteiger partial charge >= 0.3 is 0 Å². The molecule has 5 nitrogen and oxygen atoms in total. The summed E-state index contributed by atoms with van der Waals surface area (Å²) in [7, 11) is -3.58. The zero-order chi connectivity index (χ0) is 17.9. The average molecular weight is 365 g/mol. The summed E-state index contributed by atoms with van der Waals surface area (Å²) in [5, 5.41) is 0. The Kier molecular flexibility index (Phi) is 5.79. The van der Waals surface area contributed by atoms with Crippen molar-refractivity contribution < 1.29 is 13.2 Å². The monoisotopic (exact) mass is 364 g/mol. The Morgan fingerprint density at radius 2 is 1.68 bits per heavy atom. The van der Waals surface area contributed by atoms with Gasteiger partial charge in [0, 0.05) is 24.7 Å². The summed E-state index contributed by atoms with van der Waals surface area (Å²) in [6, 6.07) is 4.92. The molecule has 1 aromatic carbocycles. The standard InChI is InChI=1S/C19H28N2O3S/c1-15-10-11-17(25(23,24)20-16-8-4-2-5-9-16)14-18(15)19(22)21-12-6-3-7-13-21/h10-11,14,16,20H,2-9,12-13H2,1H3. The smallest absolute Gasteiger partial charge is 0.254 e. The van der Waals surface area contributed by atoms with Crippen LogP contribution in [0.5, 0.6) is 0 Å². The Labute approximate surface area is 150 Å². The van der Waals surface area contributed by atoms with Gasteiger partial charge in [0.15, 0.2) is 0 Å². The summed E-state index contributed by atoms with van der Waals surface area (Å²) < 4.78 is 28.3. The van der Waals surface area contributed by atoms with Crippen LogP contribution in [-0.2, 0) is 10.0 Å². The third-order valence-corrected chi connectivity index (χ3v) is 6.84. The van der Waals surface area contributed by atoms with E-state index in [1.165, 1.54) is 6.42 Å². The van der Waals surface area contributed by atoms with E-state index < -0.39 is 10.0 Å². The molecule has 6 heteroatoms. The molecule has 1 aliphatic heterocycles. The lowest BCUT2D eigenvalue weighted by atomic mass is 9.96. The van der Waals surface area contributed by atoms with Crippen LogP contribution < -0.4 is 4.72 Å². The largest absolute Gasteiger partial charge is 0.339 e. The molecule has 1 N–H and O–H groups in total. The molecule has 0 spiro atoms. The number of likely N-dealkylation sites (tertiary alicyclic amines) is 1. The molecule has 0 unspecified atom stereocenters. The second kappa shape index (κ2) is 7.87. The first kappa shape index (κ1) is 18.4. The molecule has 1 saturated heterocycles. The van der Waals surface area contributed by atoms with Gasteiger partial charge in [0.2, 0.25) is 10.0 Å². The van der Waals surface area contributed by atoms with Crippen LogP contribution in [0.15, 0.2) is 23.1 Å². The number of aryl methyl sites for hydroxylation is 1. The van der Waals surface area contributed by atoms with Gasteiger partial charge in [-0.25, -0.2) is 13.1 Å². The molecule has 138 valence electrons. The maximum atomic E-state index is 12.8. The normalized spacial score (nSPS) is 19.8. The Balaban J connectivity index is 1.81. The highest BCUT2D eigenvalue weighted by Gasteiger charge is 2.25. The summed E-state index contributed by atoms with van der Waals surface area (Å²) >= 11 is 0. The first-order chi connectivity index (χ1) is 12.0. The fraction of sp³-hybridized carbons (Fsp3) is 0.632. The molecule has 1 aromatic rings. The van der Waals surface area contributed by atoms with Gasteiger partial charge < -0.3 is 4.90 Å². The fourth-order valence-corrected chi connectivity index (χ4v) is 5.10. The molecular weight excluding hydrogens is 336 g/mol. The molecule has 1 aliphatic carbocycles. The summed E-state index contributed by atoms with van der Waals surface area (Å²) in [4.78, 5) is 14.8. The Morgan fingerprint density at radius 1 is 1.04 bits per heavy atom. The topological polar surface area (TPSA) is 66.5 Å². The number of nitrogens with one attached hydrogen (secondary N) is 1. The van der Waals surface area contributed by atoms with Gasteiger partial charge in [0.05, 0.1) is 4.90 Å². The number of benzene rings is 1. The van der Waals surface area contributed by atoms with Crippen molar-refractivity contribution in [2.24, 2.45) is 0 Å². The quantitative estimate of drug-likeness (QED) is 0.892. The molecule has 25 heavy (non-hydrogen) atoms. The van der Waals surface area contributed by atoms with Gasteiger partial charge in [-0.3, -0.25) is 4.79 Å². The van der Waals surface area contributed by atoms with E-state index in [4.69, 9.17) is 0 Å². The lowest BCUT2D eigenvalue weighted by molar-refractivity contribution is 0.0723. The second-order valence-corrected chi connectivity index (χ2v) is 9.00. The van der Waals surface area contributed by atoms with E-state index in [0.29, 0.717) is 5.56 Å². The minimum absolute atomic E-state index is 0.0151. The zero-order valence-electron chi connectivity index (χ0n) is 15.0. The van der Waals surface area contributed by atoms with Crippen LogP contribution in [0.25, 0.3) is 0 Å². The number of piperidine rings is 1. The van der Waals surface area contributed by atoms with E-state index in [1.807, 2.05) is 11.8 Å². The van der Waals surface area contributed by atoms with Crippen molar-refractivity contribution >= 4 is 15.9 Å². The van der Waals surface area contributed by atoms with Gasteiger partial charge in [-0.1, -0.05) is 25.3 Å². The van der Waals surface area contributed by atoms with E-state index in [9.17, 15) is 13.2 Å². The van der Waals surface area contributed by atoms with Gasteiger partial charge in [-0.15, -0.1) is 0 Å². The predicted octanol–water partition coefficient (Wildman–Crippen LogP) is 3.23. The summed E-state index contributed by atoms with van der Waals surface area (Å²) in [5.74, 6) is -0.0492. The van der Waals surface area contributed by atoms with E-state index in [-0.39, 0.29) is 16.8 Å². The highest BCUT2D eigenvalue weighted by molar-refractivity contribution is 7.89. The molecule has 2 aliphatic rings. The number of carbonyl (C=O) groups excluding carboxylic acids is 1. The molecular formula is C19H28N2O3S. The molecule has 0 radical (unpaired) electrons. The minimum atomic E-state index is -3.58. The highest BCUT2D eigenvalue weighted by Crippen LogP contribution is 2.22. The van der Waals surface area contributed by atoms with Crippen LogP contribution in [-0.4, -0.2) is 38.4 Å². The van der Waals surface area contributed by atoms with Crippen LogP contribution in [0.1, 0.15) is 67.3 Å². The second-order valence-electron chi connectivity index (χ2n) is 7.29. The van der Waals surface area contributed by atoms with E-state index >= 15 is 0 Å². The molecule has 2 fully saturated rings. The number of hydrogen-bond donors (Lipinski definition) is 1. The third kappa shape index (κ3) is 4.42.